The fraction of sp³-hybridized carbons (Fsp3) is 0.364. The maximum atomic E-state index is 9.19. The second-order valence-corrected chi connectivity index (χ2v) is 4.25. The maximum Gasteiger partial charge on any atom is 0.0812 e. The number of nitrogens with zero attached hydrogens (tertiary/aromatic N) is 1. The lowest BCUT2D eigenvalue weighted by Gasteiger charge is -2.11. The first-order valence-corrected chi connectivity index (χ1v) is 5.67. The summed E-state index contributed by atoms with van der Waals surface area (Å²) >= 11 is 1.65. The summed E-state index contributed by atoms with van der Waals surface area (Å²) in [4.78, 5) is 4.23. The molecule has 0 aliphatic rings. The van der Waals surface area contributed by atoms with E-state index in [1.807, 2.05) is 11.6 Å². The van der Waals surface area contributed by atoms with Crippen molar-refractivity contribution in [1.82, 2.24) is 4.98 Å². The molecule has 0 fully saturated rings. The number of aliphatic hydroxyl groups excluding tert-OH is 1. The molecule has 0 bridgehead atoms. The van der Waals surface area contributed by atoms with E-state index in [4.69, 9.17) is 0 Å². The van der Waals surface area contributed by atoms with E-state index >= 15 is 0 Å². The van der Waals surface area contributed by atoms with Gasteiger partial charge in [-0.1, -0.05) is 13.0 Å². The second-order valence-electron chi connectivity index (χ2n) is 3.37. The third kappa shape index (κ3) is 1.65. The summed E-state index contributed by atoms with van der Waals surface area (Å²) in [6.07, 6.45) is 0.973. The van der Waals surface area contributed by atoms with Crippen molar-refractivity contribution in [3.63, 3.8) is 0 Å². The predicted octanol–water partition coefficient (Wildman–Crippen LogP) is 2.78. The van der Waals surface area contributed by atoms with E-state index in [1.165, 1.54) is 10.3 Å². The van der Waals surface area contributed by atoms with Gasteiger partial charge in [0.25, 0.3) is 0 Å². The van der Waals surface area contributed by atoms with Crippen LogP contribution < -0.4 is 0 Å². The van der Waals surface area contributed by atoms with Crippen molar-refractivity contribution < 1.29 is 5.11 Å². The molecule has 1 N–H and O–H groups in total. The van der Waals surface area contributed by atoms with Crippen LogP contribution in [0.3, 0.4) is 0 Å². The first kappa shape index (κ1) is 9.62. The topological polar surface area (TPSA) is 33.1 Å². The molecule has 74 valence electrons. The van der Waals surface area contributed by atoms with E-state index in [-0.39, 0.29) is 12.5 Å². The predicted molar refractivity (Wildman–Crippen MR) is 59.7 cm³/mol. The van der Waals surface area contributed by atoms with Gasteiger partial charge in [-0.15, -0.1) is 11.3 Å². The number of fused-ring (bicyclic) bond motifs is 1. The number of hydrogen-bond donors (Lipinski definition) is 1. The van der Waals surface area contributed by atoms with Crippen molar-refractivity contribution in [2.24, 2.45) is 0 Å². The summed E-state index contributed by atoms with van der Waals surface area (Å²) < 4.78 is 1.20. The van der Waals surface area contributed by atoms with Crippen LogP contribution in [0.2, 0.25) is 0 Å². The Balaban J connectivity index is 2.42. The Hall–Kier alpha value is -0.930. The fourth-order valence-corrected chi connectivity index (χ4v) is 2.32. The highest BCUT2D eigenvalue weighted by atomic mass is 32.1. The first-order valence-electron chi connectivity index (χ1n) is 4.79. The summed E-state index contributed by atoms with van der Waals surface area (Å²) in [6.45, 7) is 2.32. The van der Waals surface area contributed by atoms with Gasteiger partial charge in [0.2, 0.25) is 0 Å². The molecule has 3 heteroatoms. The first-order chi connectivity index (χ1) is 6.85. The third-order valence-corrected chi connectivity index (χ3v) is 3.33. The molecular weight excluding hydrogens is 194 g/mol. The van der Waals surface area contributed by atoms with Crippen LogP contribution in [0, 0.1) is 0 Å². The van der Waals surface area contributed by atoms with Crippen molar-refractivity contribution >= 4 is 21.6 Å². The molecule has 2 nitrogen and oxygen atoms in total. The normalized spacial score (nSPS) is 13.3. The highest BCUT2D eigenvalue weighted by molar-refractivity contribution is 7.16. The Bertz CT molecular complexity index is 420. The van der Waals surface area contributed by atoms with Crippen LogP contribution in [0.1, 0.15) is 24.8 Å². The molecule has 2 rings (SSSR count). The number of aromatic nitrogens is 1. The molecule has 1 heterocycles. The Morgan fingerprint density at radius 2 is 2.36 bits per heavy atom. The minimum atomic E-state index is 0.223. The highest BCUT2D eigenvalue weighted by Gasteiger charge is 2.08. The lowest BCUT2D eigenvalue weighted by Crippen LogP contribution is -2.01. The molecule has 0 saturated heterocycles. The Labute approximate surface area is 87.2 Å². The van der Waals surface area contributed by atoms with Gasteiger partial charge < -0.3 is 5.11 Å². The van der Waals surface area contributed by atoms with Crippen molar-refractivity contribution in [1.29, 1.82) is 0 Å². The average molecular weight is 207 g/mol. The van der Waals surface area contributed by atoms with E-state index in [0.29, 0.717) is 0 Å². The van der Waals surface area contributed by atoms with E-state index in [9.17, 15) is 5.11 Å². The summed E-state index contributed by atoms with van der Waals surface area (Å²) in [5, 5.41) is 9.19. The van der Waals surface area contributed by atoms with Crippen molar-refractivity contribution in [3.05, 3.63) is 29.3 Å². The SMILES string of the molecule is CCC(CO)c1ccc2ncsc2c1. The van der Waals surface area contributed by atoms with Crippen LogP contribution in [0.15, 0.2) is 23.7 Å². The van der Waals surface area contributed by atoms with Crippen molar-refractivity contribution in [2.75, 3.05) is 6.61 Å². The van der Waals surface area contributed by atoms with Gasteiger partial charge in [-0.25, -0.2) is 4.98 Å². The minimum Gasteiger partial charge on any atom is -0.396 e. The largest absolute Gasteiger partial charge is 0.396 e. The zero-order chi connectivity index (χ0) is 9.97. The summed E-state index contributed by atoms with van der Waals surface area (Å²) in [5.41, 5.74) is 4.12. The van der Waals surface area contributed by atoms with Crippen LogP contribution in [-0.2, 0) is 0 Å². The van der Waals surface area contributed by atoms with Gasteiger partial charge in [-0.05, 0) is 24.1 Å². The lowest BCUT2D eigenvalue weighted by atomic mass is 9.97. The average Bonchev–Trinajstić information content (AvgIpc) is 2.66. The van der Waals surface area contributed by atoms with Crippen molar-refractivity contribution in [2.45, 2.75) is 19.3 Å². The number of aliphatic hydroxyl groups is 1. The molecule has 0 spiro atoms. The van der Waals surface area contributed by atoms with Crippen LogP contribution in [0.4, 0.5) is 0 Å². The number of thiazole rings is 1. The summed E-state index contributed by atoms with van der Waals surface area (Å²) in [5.74, 6) is 0.265. The van der Waals surface area contributed by atoms with Crippen LogP contribution >= 0.6 is 11.3 Å². The quantitative estimate of drug-likeness (QED) is 0.839. The third-order valence-electron chi connectivity index (χ3n) is 2.54. The maximum absolute atomic E-state index is 9.19. The van der Waals surface area contributed by atoms with E-state index in [1.54, 1.807) is 11.3 Å². The standard InChI is InChI=1S/C11H13NOS/c1-2-8(6-13)9-3-4-10-11(5-9)14-7-12-10/h3-5,7-8,13H,2,6H2,1H3. The van der Waals surface area contributed by atoms with Gasteiger partial charge in [0.1, 0.15) is 0 Å². The smallest absolute Gasteiger partial charge is 0.0812 e. The molecular formula is C11H13NOS. The molecule has 0 radical (unpaired) electrons. The second kappa shape index (κ2) is 4.07. The molecule has 0 aliphatic carbocycles. The van der Waals surface area contributed by atoms with Gasteiger partial charge in [0.05, 0.1) is 15.7 Å². The zero-order valence-corrected chi connectivity index (χ0v) is 8.92. The van der Waals surface area contributed by atoms with Gasteiger partial charge >= 0.3 is 0 Å². The molecule has 0 aliphatic heterocycles. The van der Waals surface area contributed by atoms with Gasteiger partial charge in [-0.3, -0.25) is 0 Å². The molecule has 0 saturated carbocycles. The zero-order valence-electron chi connectivity index (χ0n) is 8.10. The summed E-state index contributed by atoms with van der Waals surface area (Å²) in [7, 11) is 0. The number of benzene rings is 1. The summed E-state index contributed by atoms with van der Waals surface area (Å²) in [6, 6.07) is 6.23. The van der Waals surface area contributed by atoms with Gasteiger partial charge in [-0.2, -0.15) is 0 Å². The fourth-order valence-electron chi connectivity index (χ4n) is 1.60. The molecule has 1 atom stereocenters. The Morgan fingerprint density at radius 1 is 1.50 bits per heavy atom. The Kier molecular flexibility index (Phi) is 2.79. The number of hydrogen-bond acceptors (Lipinski definition) is 3. The molecule has 0 amide bonds. The van der Waals surface area contributed by atoms with Gasteiger partial charge in [0, 0.05) is 12.5 Å². The van der Waals surface area contributed by atoms with Crippen LogP contribution in [0.5, 0.6) is 0 Å². The minimum absolute atomic E-state index is 0.223. The van der Waals surface area contributed by atoms with Gasteiger partial charge in [0.15, 0.2) is 0 Å². The molecule has 1 aromatic heterocycles. The molecule has 1 aromatic carbocycles. The monoisotopic (exact) mass is 207 g/mol. The van der Waals surface area contributed by atoms with E-state index in [2.05, 4.69) is 24.0 Å². The lowest BCUT2D eigenvalue weighted by molar-refractivity contribution is 0.262. The highest BCUT2D eigenvalue weighted by Crippen LogP contribution is 2.25. The Morgan fingerprint density at radius 3 is 3.07 bits per heavy atom. The van der Waals surface area contributed by atoms with Crippen LogP contribution in [-0.4, -0.2) is 16.7 Å². The van der Waals surface area contributed by atoms with E-state index in [0.717, 1.165) is 11.9 Å². The molecule has 2 aromatic rings. The van der Waals surface area contributed by atoms with E-state index < -0.39 is 0 Å². The molecule has 14 heavy (non-hydrogen) atoms. The number of rotatable bonds is 3. The molecule has 1 unspecified atom stereocenters. The van der Waals surface area contributed by atoms with Crippen LogP contribution in [0.25, 0.3) is 10.2 Å². The van der Waals surface area contributed by atoms with Crippen molar-refractivity contribution in [3.8, 4) is 0 Å².